The van der Waals surface area contributed by atoms with Gasteiger partial charge in [-0.3, -0.25) is 0 Å². The van der Waals surface area contributed by atoms with Crippen molar-refractivity contribution in [2.45, 2.75) is 71.9 Å². The third-order valence-corrected chi connectivity index (χ3v) is 4.92. The fourth-order valence-electron chi connectivity index (χ4n) is 3.66. The Morgan fingerprint density at radius 2 is 2.10 bits per heavy atom. The standard InChI is InChI=1S/C18H31NO/c1-13(2)17-10-7-14(3)12-18(17)19-15(4)8-9-16-6-5-11-20-16/h5-6,11,13-15,17-19H,7-10,12H2,1-4H3. The maximum atomic E-state index is 5.42. The molecule has 1 fully saturated rings. The third-order valence-electron chi connectivity index (χ3n) is 4.92. The van der Waals surface area contributed by atoms with E-state index in [1.54, 1.807) is 6.26 Å². The van der Waals surface area contributed by atoms with E-state index in [0.29, 0.717) is 12.1 Å². The van der Waals surface area contributed by atoms with E-state index in [0.717, 1.165) is 36.4 Å². The Hall–Kier alpha value is -0.760. The Kier molecular flexibility index (Phi) is 5.71. The number of hydrogen-bond donors (Lipinski definition) is 1. The smallest absolute Gasteiger partial charge is 0.103 e. The fraction of sp³-hybridized carbons (Fsp3) is 0.778. The highest BCUT2D eigenvalue weighted by molar-refractivity contribution is 4.98. The average Bonchev–Trinajstić information content (AvgIpc) is 2.89. The molecule has 0 radical (unpaired) electrons. The molecule has 2 nitrogen and oxygen atoms in total. The van der Waals surface area contributed by atoms with E-state index < -0.39 is 0 Å². The van der Waals surface area contributed by atoms with Gasteiger partial charge in [0.1, 0.15) is 5.76 Å². The molecular weight excluding hydrogens is 246 g/mol. The van der Waals surface area contributed by atoms with Crippen LogP contribution in [0.3, 0.4) is 0 Å². The third kappa shape index (κ3) is 4.37. The molecule has 0 saturated heterocycles. The van der Waals surface area contributed by atoms with E-state index in [1.165, 1.54) is 19.3 Å². The fourth-order valence-corrected chi connectivity index (χ4v) is 3.66. The molecule has 0 bridgehead atoms. The quantitative estimate of drug-likeness (QED) is 0.818. The van der Waals surface area contributed by atoms with E-state index in [4.69, 9.17) is 4.42 Å². The minimum atomic E-state index is 0.566. The van der Waals surface area contributed by atoms with Gasteiger partial charge >= 0.3 is 0 Å². The normalized spacial score (nSPS) is 28.8. The SMILES string of the molecule is CC1CCC(C(C)C)C(NC(C)CCc2ccco2)C1. The van der Waals surface area contributed by atoms with Gasteiger partial charge in [0.05, 0.1) is 6.26 Å². The van der Waals surface area contributed by atoms with Gasteiger partial charge in [0, 0.05) is 18.5 Å². The van der Waals surface area contributed by atoms with Gasteiger partial charge in [-0.05, 0) is 56.1 Å². The van der Waals surface area contributed by atoms with Crippen LogP contribution in [0.25, 0.3) is 0 Å². The van der Waals surface area contributed by atoms with Crippen LogP contribution in [0, 0.1) is 17.8 Å². The van der Waals surface area contributed by atoms with Crippen molar-refractivity contribution >= 4 is 0 Å². The highest BCUT2D eigenvalue weighted by Crippen LogP contribution is 2.33. The zero-order valence-electron chi connectivity index (χ0n) is 13.6. The highest BCUT2D eigenvalue weighted by Gasteiger charge is 2.31. The predicted octanol–water partition coefficient (Wildman–Crippen LogP) is 4.65. The van der Waals surface area contributed by atoms with Crippen LogP contribution in [0.2, 0.25) is 0 Å². The van der Waals surface area contributed by atoms with Crippen LogP contribution in [-0.4, -0.2) is 12.1 Å². The molecule has 0 amide bonds. The molecule has 2 heteroatoms. The minimum Gasteiger partial charge on any atom is -0.469 e. The van der Waals surface area contributed by atoms with E-state index in [-0.39, 0.29) is 0 Å². The summed E-state index contributed by atoms with van der Waals surface area (Å²) in [6, 6.07) is 5.32. The number of nitrogens with one attached hydrogen (secondary N) is 1. The van der Waals surface area contributed by atoms with Gasteiger partial charge in [-0.15, -0.1) is 0 Å². The van der Waals surface area contributed by atoms with E-state index in [1.807, 2.05) is 6.07 Å². The molecule has 1 aliphatic rings. The second-order valence-corrected chi connectivity index (χ2v) is 7.12. The molecule has 1 N–H and O–H groups in total. The van der Waals surface area contributed by atoms with Crippen LogP contribution in [-0.2, 0) is 6.42 Å². The van der Waals surface area contributed by atoms with Gasteiger partial charge in [-0.1, -0.05) is 27.2 Å². The van der Waals surface area contributed by atoms with Gasteiger partial charge < -0.3 is 9.73 Å². The number of rotatable bonds is 6. The topological polar surface area (TPSA) is 25.2 Å². The van der Waals surface area contributed by atoms with Crippen LogP contribution < -0.4 is 5.32 Å². The van der Waals surface area contributed by atoms with Gasteiger partial charge in [-0.2, -0.15) is 0 Å². The zero-order valence-corrected chi connectivity index (χ0v) is 13.6. The van der Waals surface area contributed by atoms with Crippen molar-refractivity contribution in [1.82, 2.24) is 5.32 Å². The van der Waals surface area contributed by atoms with Gasteiger partial charge in [0.2, 0.25) is 0 Å². The number of aryl methyl sites for hydroxylation is 1. The summed E-state index contributed by atoms with van der Waals surface area (Å²) in [6.45, 7) is 9.48. The van der Waals surface area contributed by atoms with Gasteiger partial charge in [0.25, 0.3) is 0 Å². The maximum Gasteiger partial charge on any atom is 0.103 e. The first-order valence-electron chi connectivity index (χ1n) is 8.34. The molecule has 1 aromatic rings. The van der Waals surface area contributed by atoms with Crippen molar-refractivity contribution in [3.05, 3.63) is 24.2 Å². The van der Waals surface area contributed by atoms with Gasteiger partial charge in [0.15, 0.2) is 0 Å². The average molecular weight is 277 g/mol. The van der Waals surface area contributed by atoms with Crippen LogP contribution in [0.15, 0.2) is 22.8 Å². The molecule has 1 aliphatic carbocycles. The largest absolute Gasteiger partial charge is 0.469 e. The molecule has 0 aromatic carbocycles. The van der Waals surface area contributed by atoms with Crippen molar-refractivity contribution in [3.63, 3.8) is 0 Å². The molecule has 2 rings (SSSR count). The Morgan fingerprint density at radius 1 is 1.30 bits per heavy atom. The molecule has 0 spiro atoms. The zero-order chi connectivity index (χ0) is 14.5. The Labute approximate surface area is 124 Å². The maximum absolute atomic E-state index is 5.42. The summed E-state index contributed by atoms with van der Waals surface area (Å²) in [5.41, 5.74) is 0. The first kappa shape index (κ1) is 15.6. The lowest BCUT2D eigenvalue weighted by molar-refractivity contribution is 0.159. The summed E-state index contributed by atoms with van der Waals surface area (Å²) < 4.78 is 5.42. The summed E-state index contributed by atoms with van der Waals surface area (Å²) in [5, 5.41) is 3.90. The van der Waals surface area contributed by atoms with Crippen LogP contribution in [0.4, 0.5) is 0 Å². The molecule has 1 heterocycles. The van der Waals surface area contributed by atoms with Crippen molar-refractivity contribution in [2.24, 2.45) is 17.8 Å². The Bertz CT molecular complexity index is 371. The summed E-state index contributed by atoms with van der Waals surface area (Å²) in [7, 11) is 0. The van der Waals surface area contributed by atoms with Crippen molar-refractivity contribution in [1.29, 1.82) is 0 Å². The molecule has 20 heavy (non-hydrogen) atoms. The van der Waals surface area contributed by atoms with Crippen molar-refractivity contribution < 1.29 is 4.42 Å². The number of hydrogen-bond acceptors (Lipinski definition) is 2. The lowest BCUT2D eigenvalue weighted by Gasteiger charge is -2.39. The van der Waals surface area contributed by atoms with Gasteiger partial charge in [-0.25, -0.2) is 0 Å². The second-order valence-electron chi connectivity index (χ2n) is 7.12. The van der Waals surface area contributed by atoms with E-state index in [9.17, 15) is 0 Å². The molecule has 114 valence electrons. The van der Waals surface area contributed by atoms with Crippen molar-refractivity contribution in [3.8, 4) is 0 Å². The molecule has 4 unspecified atom stereocenters. The molecule has 4 atom stereocenters. The predicted molar refractivity (Wildman–Crippen MR) is 84.8 cm³/mol. The Balaban J connectivity index is 1.82. The first-order valence-corrected chi connectivity index (χ1v) is 8.34. The monoisotopic (exact) mass is 277 g/mol. The van der Waals surface area contributed by atoms with E-state index in [2.05, 4.69) is 39.1 Å². The molecule has 0 aliphatic heterocycles. The lowest BCUT2D eigenvalue weighted by atomic mass is 9.74. The van der Waals surface area contributed by atoms with Crippen LogP contribution >= 0.6 is 0 Å². The molecule has 1 saturated carbocycles. The second kappa shape index (κ2) is 7.31. The summed E-state index contributed by atoms with van der Waals surface area (Å²) >= 11 is 0. The highest BCUT2D eigenvalue weighted by atomic mass is 16.3. The summed E-state index contributed by atoms with van der Waals surface area (Å²) in [5.74, 6) is 3.62. The Morgan fingerprint density at radius 3 is 2.75 bits per heavy atom. The summed E-state index contributed by atoms with van der Waals surface area (Å²) in [4.78, 5) is 0. The summed E-state index contributed by atoms with van der Waals surface area (Å²) in [6.07, 6.45) is 8.10. The number of furan rings is 1. The van der Waals surface area contributed by atoms with E-state index >= 15 is 0 Å². The minimum absolute atomic E-state index is 0.566. The van der Waals surface area contributed by atoms with Crippen molar-refractivity contribution in [2.75, 3.05) is 0 Å². The lowest BCUT2D eigenvalue weighted by Crippen LogP contribution is -2.46. The van der Waals surface area contributed by atoms with Crippen LogP contribution in [0.5, 0.6) is 0 Å². The molecule has 1 aromatic heterocycles. The first-order chi connectivity index (χ1) is 9.56. The van der Waals surface area contributed by atoms with Crippen LogP contribution in [0.1, 0.15) is 59.1 Å². The molecular formula is C18H31NO.